The van der Waals surface area contributed by atoms with E-state index in [2.05, 4.69) is 20.8 Å². The van der Waals surface area contributed by atoms with Crippen molar-refractivity contribution in [1.29, 1.82) is 0 Å². The molecule has 352 valence electrons. The summed E-state index contributed by atoms with van der Waals surface area (Å²) in [4.78, 5) is 1.47. The molecule has 1 N–H and O–H groups in total. The van der Waals surface area contributed by atoms with Crippen LogP contribution >= 0.6 is 0 Å². The first-order valence-corrected chi connectivity index (χ1v) is 25.4. The summed E-state index contributed by atoms with van der Waals surface area (Å²) in [5.74, 6) is -0.0501. The Morgan fingerprint density at radius 1 is 0.800 bits per heavy atom. The number of rotatable bonds is 26. The Bertz CT molecular complexity index is 2440. The quantitative estimate of drug-likeness (QED) is 0.0375. The van der Waals surface area contributed by atoms with Crippen molar-refractivity contribution in [2.75, 3.05) is 95.5 Å². The van der Waals surface area contributed by atoms with Gasteiger partial charge in [-0.25, -0.2) is 29.8 Å². The van der Waals surface area contributed by atoms with Crippen LogP contribution in [0.1, 0.15) is 70.8 Å². The maximum Gasteiger partial charge on any atom is 1.00 e. The average molecular weight is 987 g/mol. The number of allylic oxidation sites excluding steroid dienone is 3. The minimum absolute atomic E-state index is 0. The van der Waals surface area contributed by atoms with Crippen molar-refractivity contribution in [3.8, 4) is 11.3 Å². The molecule has 22 heteroatoms. The standard InChI is InChI=1S/C43H62N2O15S3.2Na/c1-6-44(17-9-29-62(50,51)52)33-12-14-36-37(42(2,3)4)31-34(60-40(36)30-33)10-7-11-41-43(5,16-8-28-61(47,48)49)38-32-35(63(53,54)55)13-15-39(38)45(41)18-20-56-22-24-58-26-27-59-25-23-57-21-19-46;;/h7,10-15,30-32,46H,6,8-9,16-29H2,1-5H3,(H2-,47,48,49,50,51,52,53,54,55);;/q;2*+1/p-2. The Hall–Kier alpha value is -1.54. The fourth-order valence-corrected chi connectivity index (χ4v) is 8.98. The van der Waals surface area contributed by atoms with Gasteiger partial charge in [-0.2, -0.15) is 0 Å². The van der Waals surface area contributed by atoms with Crippen molar-refractivity contribution < 1.29 is 126 Å². The molecule has 0 amide bonds. The van der Waals surface area contributed by atoms with E-state index < -0.39 is 52.2 Å². The van der Waals surface area contributed by atoms with Gasteiger partial charge in [0, 0.05) is 52.9 Å². The van der Waals surface area contributed by atoms with Crippen molar-refractivity contribution in [1.82, 2.24) is 4.58 Å². The number of anilines is 1. The van der Waals surface area contributed by atoms with Gasteiger partial charge in [0.15, 0.2) is 0 Å². The molecule has 17 nitrogen and oxygen atoms in total. The Morgan fingerprint density at radius 2 is 1.38 bits per heavy atom. The van der Waals surface area contributed by atoms with Crippen LogP contribution in [0.25, 0.3) is 17.4 Å². The minimum Gasteiger partial charge on any atom is -0.748 e. The first-order valence-electron chi connectivity index (χ1n) is 20.8. The molecule has 1 aliphatic carbocycles. The number of fused-ring (bicyclic) bond motifs is 2. The number of hydrogen-bond acceptors (Lipinski definition) is 16. The van der Waals surface area contributed by atoms with Crippen LogP contribution in [0.2, 0.25) is 0 Å². The van der Waals surface area contributed by atoms with Gasteiger partial charge in [-0.1, -0.05) is 26.8 Å². The molecule has 0 spiro atoms. The van der Waals surface area contributed by atoms with E-state index in [1.165, 1.54) is 18.2 Å². The van der Waals surface area contributed by atoms with E-state index >= 15 is 0 Å². The maximum atomic E-state index is 12.2. The van der Waals surface area contributed by atoms with E-state index in [9.17, 15) is 38.9 Å². The molecule has 0 saturated carbocycles. The first-order chi connectivity index (χ1) is 29.6. The van der Waals surface area contributed by atoms with Gasteiger partial charge in [0.05, 0.1) is 90.7 Å². The molecule has 1 aromatic carbocycles. The summed E-state index contributed by atoms with van der Waals surface area (Å²) in [6.07, 6.45) is 5.59. The number of hydrogen-bond donors (Lipinski definition) is 1. The Balaban J connectivity index is 0.00000726. The Labute approximate surface area is 428 Å². The fourth-order valence-electron chi connectivity index (χ4n) is 7.51. The van der Waals surface area contributed by atoms with E-state index in [1.54, 1.807) is 12.2 Å². The number of benzene rings is 2. The molecule has 0 radical (unpaired) electrons. The monoisotopic (exact) mass is 986 g/mol. The zero-order valence-corrected chi connectivity index (χ0v) is 45.0. The van der Waals surface area contributed by atoms with Crippen LogP contribution in [0.5, 0.6) is 0 Å². The van der Waals surface area contributed by atoms with Crippen molar-refractivity contribution >= 4 is 42.1 Å². The number of ether oxygens (including phenoxy) is 4. The summed E-state index contributed by atoms with van der Waals surface area (Å²) < 4.78 is 136. The van der Waals surface area contributed by atoms with Crippen LogP contribution in [-0.2, 0) is 60.1 Å². The molecule has 2 heterocycles. The normalized spacial score (nSPS) is 16.8. The molecular weight excluding hydrogens is 927 g/mol. The van der Waals surface area contributed by atoms with Gasteiger partial charge in [-0.15, -0.1) is 0 Å². The average Bonchev–Trinajstić information content (AvgIpc) is 3.41. The summed E-state index contributed by atoms with van der Waals surface area (Å²) in [5, 5.41) is 9.55. The molecule has 0 bridgehead atoms. The van der Waals surface area contributed by atoms with Crippen LogP contribution in [0, 0.1) is 0 Å². The van der Waals surface area contributed by atoms with Crippen LogP contribution < -0.4 is 73.9 Å². The third-order valence-electron chi connectivity index (χ3n) is 10.5. The number of aliphatic hydroxyl groups excluding tert-OH is 1. The predicted octanol–water partition coefficient (Wildman–Crippen LogP) is -2.62. The van der Waals surface area contributed by atoms with Gasteiger partial charge in [-0.05, 0) is 85.7 Å². The summed E-state index contributed by atoms with van der Waals surface area (Å²) in [6.45, 7) is 13.5. The third-order valence-corrected chi connectivity index (χ3v) is 13.0. The van der Waals surface area contributed by atoms with E-state index in [0.717, 1.165) is 16.5 Å². The SMILES string of the molecule is CC[N+](CCCS(=O)(=O)[O-])=c1ccc2c(C(C)(C)C)cc(/C=C/C=C3/N(CCOCCOCCOCCOCCO)c4ccc(S(=O)(=O)[O-])cc4C3(C)CCCS(=O)(=O)[O-])oc-2c1.[Na+].[Na+]. The maximum absolute atomic E-state index is 12.2. The molecule has 1 aromatic rings. The smallest absolute Gasteiger partial charge is 0.748 e. The van der Waals surface area contributed by atoms with E-state index in [-0.39, 0.29) is 123 Å². The fraction of sp³-hybridized carbons (Fsp3) is 0.558. The second kappa shape index (κ2) is 27.0. The molecule has 4 rings (SSSR count). The number of nitrogens with zero attached hydrogens (tertiary/aromatic N) is 2. The topological polar surface area (TPSA) is 248 Å². The van der Waals surface area contributed by atoms with E-state index in [1.807, 2.05) is 53.7 Å². The van der Waals surface area contributed by atoms with Gasteiger partial charge in [0.1, 0.15) is 34.7 Å². The van der Waals surface area contributed by atoms with Crippen molar-refractivity contribution in [2.24, 2.45) is 0 Å². The minimum atomic E-state index is -4.87. The summed E-state index contributed by atoms with van der Waals surface area (Å²) in [5.41, 5.74) is 2.18. The van der Waals surface area contributed by atoms with Gasteiger partial charge >= 0.3 is 59.1 Å². The molecule has 1 unspecified atom stereocenters. The first kappa shape index (κ1) is 59.6. The second-order valence-electron chi connectivity index (χ2n) is 16.3. The molecule has 0 fully saturated rings. The molecule has 0 saturated heterocycles. The van der Waals surface area contributed by atoms with E-state index in [0.29, 0.717) is 68.0 Å². The Kier molecular flexibility index (Phi) is 24.8. The van der Waals surface area contributed by atoms with Crippen molar-refractivity contribution in [3.05, 3.63) is 82.6 Å². The molecule has 3 aliphatic rings. The van der Waals surface area contributed by atoms with Crippen LogP contribution in [-0.4, -0.2) is 135 Å². The predicted molar refractivity (Wildman–Crippen MR) is 234 cm³/mol. The summed E-state index contributed by atoms with van der Waals surface area (Å²) >= 11 is 0. The molecule has 1 atom stereocenters. The van der Waals surface area contributed by atoms with Gasteiger partial charge < -0.3 is 47.0 Å². The largest absolute Gasteiger partial charge is 1.00 e. The molecule has 0 aromatic heterocycles. The zero-order chi connectivity index (χ0) is 46.5. The summed E-state index contributed by atoms with van der Waals surface area (Å²) in [7, 11) is -13.8. The van der Waals surface area contributed by atoms with Gasteiger partial charge in [0.25, 0.3) is 0 Å². The van der Waals surface area contributed by atoms with Gasteiger partial charge in [0.2, 0.25) is 5.36 Å². The van der Waals surface area contributed by atoms with Gasteiger partial charge in [-0.3, -0.25) is 0 Å². The van der Waals surface area contributed by atoms with E-state index in [4.69, 9.17) is 28.5 Å². The van der Waals surface area contributed by atoms with Crippen molar-refractivity contribution in [3.63, 3.8) is 0 Å². The molecule has 65 heavy (non-hydrogen) atoms. The third kappa shape index (κ3) is 18.7. The number of aliphatic hydroxyl groups is 1. The van der Waals surface area contributed by atoms with Crippen LogP contribution in [0.4, 0.5) is 5.69 Å². The Morgan fingerprint density at radius 3 is 1.94 bits per heavy atom. The second-order valence-corrected chi connectivity index (χ2v) is 20.7. The van der Waals surface area contributed by atoms with Crippen molar-refractivity contribution in [2.45, 2.75) is 69.6 Å². The molecular formula is C43H60N2Na2O15S3. The summed E-state index contributed by atoms with van der Waals surface area (Å²) in [6, 6.07) is 11.8. The van der Waals surface area contributed by atoms with Crippen LogP contribution in [0.15, 0.2) is 69.6 Å². The molecule has 2 aliphatic heterocycles. The van der Waals surface area contributed by atoms with Crippen LogP contribution in [0.3, 0.4) is 0 Å². The zero-order valence-electron chi connectivity index (χ0n) is 38.6.